The molecule has 1 N–H and O–H groups in total. The second-order valence-corrected chi connectivity index (χ2v) is 7.94. The van der Waals surface area contributed by atoms with Gasteiger partial charge in [0.25, 0.3) is 5.91 Å². The van der Waals surface area contributed by atoms with E-state index in [2.05, 4.69) is 27.3 Å². The van der Waals surface area contributed by atoms with Crippen LogP contribution in [0.3, 0.4) is 0 Å². The van der Waals surface area contributed by atoms with Gasteiger partial charge in [-0.3, -0.25) is 14.6 Å². The largest absolute Gasteiger partial charge is 0.372 e. The summed E-state index contributed by atoms with van der Waals surface area (Å²) in [6.07, 6.45) is 8.54. The predicted octanol–water partition coefficient (Wildman–Crippen LogP) is 2.99. The van der Waals surface area contributed by atoms with Gasteiger partial charge in [-0.2, -0.15) is 0 Å². The number of pyridine rings is 1. The summed E-state index contributed by atoms with van der Waals surface area (Å²) in [6.45, 7) is 3.19. The van der Waals surface area contributed by atoms with Crippen LogP contribution in [0, 0.1) is 0 Å². The Morgan fingerprint density at radius 2 is 1.79 bits per heavy atom. The van der Waals surface area contributed by atoms with Gasteiger partial charge in [0.2, 0.25) is 5.91 Å². The lowest BCUT2D eigenvalue weighted by Crippen LogP contribution is -2.41. The van der Waals surface area contributed by atoms with Crippen LogP contribution in [0.4, 0.5) is 5.69 Å². The number of carbonyl (C=O) groups excluding carboxylic acids is 2. The minimum atomic E-state index is -0.00634. The van der Waals surface area contributed by atoms with Crippen LogP contribution >= 0.6 is 0 Å². The monoisotopic (exact) mass is 392 g/mol. The number of nitrogens with zero attached hydrogens (tertiary/aromatic N) is 3. The van der Waals surface area contributed by atoms with Crippen LogP contribution in [-0.4, -0.2) is 47.4 Å². The number of nitrogens with one attached hydrogen (secondary N) is 1. The maximum absolute atomic E-state index is 13.3. The molecule has 0 unspecified atom stereocenters. The number of aromatic nitrogens is 1. The first-order valence-corrected chi connectivity index (χ1v) is 10.5. The van der Waals surface area contributed by atoms with Gasteiger partial charge in [-0.15, -0.1) is 0 Å². The molecule has 6 heteroatoms. The molecule has 3 heterocycles. The highest BCUT2D eigenvalue weighted by Gasteiger charge is 2.26. The summed E-state index contributed by atoms with van der Waals surface area (Å²) in [7, 11) is 0. The van der Waals surface area contributed by atoms with E-state index in [0.29, 0.717) is 25.1 Å². The first-order valence-electron chi connectivity index (χ1n) is 10.5. The highest BCUT2D eigenvalue weighted by atomic mass is 16.2. The number of rotatable bonds is 6. The van der Waals surface area contributed by atoms with Crippen molar-refractivity contribution in [3.8, 4) is 0 Å². The van der Waals surface area contributed by atoms with Crippen molar-refractivity contribution < 1.29 is 9.59 Å². The number of benzene rings is 1. The standard InChI is InChI=1S/C23H28N4O2/c28-22-9-6-20(25-22)17-27(16-18-10-12-24-13-11-18)23(29)19-4-7-21(8-5-19)26-14-2-1-3-15-26/h4-5,7-8,10-13,20H,1-3,6,9,14-17H2,(H,25,28)/t20-/m0/s1. The maximum Gasteiger partial charge on any atom is 0.254 e. The molecule has 0 bridgehead atoms. The Morgan fingerprint density at radius 3 is 2.45 bits per heavy atom. The summed E-state index contributed by atoms with van der Waals surface area (Å²) in [5, 5.41) is 2.98. The van der Waals surface area contributed by atoms with Crippen LogP contribution in [0.5, 0.6) is 0 Å². The normalized spacial score (nSPS) is 19.1. The molecule has 6 nitrogen and oxygen atoms in total. The predicted molar refractivity (Wildman–Crippen MR) is 113 cm³/mol. The Balaban J connectivity index is 1.49. The van der Waals surface area contributed by atoms with Crippen LogP contribution < -0.4 is 10.2 Å². The van der Waals surface area contributed by atoms with Crippen molar-refractivity contribution >= 4 is 17.5 Å². The van der Waals surface area contributed by atoms with E-state index in [1.807, 2.05) is 29.2 Å². The van der Waals surface area contributed by atoms with Gasteiger partial charge in [0.15, 0.2) is 0 Å². The Kier molecular flexibility index (Phi) is 6.08. The van der Waals surface area contributed by atoms with Crippen molar-refractivity contribution in [2.75, 3.05) is 24.5 Å². The molecule has 2 aromatic rings. The summed E-state index contributed by atoms with van der Waals surface area (Å²) in [4.78, 5) is 33.2. The second-order valence-electron chi connectivity index (χ2n) is 7.94. The summed E-state index contributed by atoms with van der Waals surface area (Å²) in [5.41, 5.74) is 2.90. The van der Waals surface area contributed by atoms with Crippen LogP contribution in [-0.2, 0) is 11.3 Å². The van der Waals surface area contributed by atoms with Crippen molar-refractivity contribution in [2.24, 2.45) is 0 Å². The summed E-state index contributed by atoms with van der Waals surface area (Å²) < 4.78 is 0. The molecule has 1 atom stereocenters. The average molecular weight is 393 g/mol. The molecule has 2 saturated heterocycles. The van der Waals surface area contributed by atoms with Gasteiger partial charge in [-0.25, -0.2) is 0 Å². The van der Waals surface area contributed by atoms with E-state index in [0.717, 1.165) is 25.1 Å². The number of piperidine rings is 1. The minimum Gasteiger partial charge on any atom is -0.372 e. The zero-order chi connectivity index (χ0) is 20.1. The van der Waals surface area contributed by atoms with E-state index < -0.39 is 0 Å². The van der Waals surface area contributed by atoms with E-state index in [-0.39, 0.29) is 17.9 Å². The highest BCUT2D eigenvalue weighted by Crippen LogP contribution is 2.21. The van der Waals surface area contributed by atoms with E-state index >= 15 is 0 Å². The SMILES string of the molecule is O=C1CC[C@@H](CN(Cc2ccncc2)C(=O)c2ccc(N3CCCCC3)cc2)N1. The van der Waals surface area contributed by atoms with Crippen LogP contribution in [0.15, 0.2) is 48.8 Å². The summed E-state index contributed by atoms with van der Waals surface area (Å²) >= 11 is 0. The number of amides is 2. The molecule has 2 amide bonds. The molecular formula is C23H28N4O2. The first kappa shape index (κ1) is 19.4. The minimum absolute atomic E-state index is 0.00634. The highest BCUT2D eigenvalue weighted by molar-refractivity contribution is 5.94. The number of carbonyl (C=O) groups is 2. The fourth-order valence-corrected chi connectivity index (χ4v) is 4.16. The average Bonchev–Trinajstić information content (AvgIpc) is 3.19. The second kappa shape index (κ2) is 9.07. The van der Waals surface area contributed by atoms with Gasteiger partial charge < -0.3 is 15.1 Å². The van der Waals surface area contributed by atoms with Gasteiger partial charge in [0, 0.05) is 62.3 Å². The van der Waals surface area contributed by atoms with E-state index in [4.69, 9.17) is 0 Å². The number of anilines is 1. The van der Waals surface area contributed by atoms with Gasteiger partial charge in [0.1, 0.15) is 0 Å². The first-order chi connectivity index (χ1) is 14.2. The zero-order valence-electron chi connectivity index (χ0n) is 16.7. The lowest BCUT2D eigenvalue weighted by Gasteiger charge is -2.29. The zero-order valence-corrected chi connectivity index (χ0v) is 16.7. The Bertz CT molecular complexity index is 832. The molecule has 2 fully saturated rings. The molecule has 0 saturated carbocycles. The van der Waals surface area contributed by atoms with Crippen molar-refractivity contribution in [2.45, 2.75) is 44.7 Å². The fraction of sp³-hybridized carbons (Fsp3) is 0.435. The van der Waals surface area contributed by atoms with Crippen molar-refractivity contribution in [3.05, 3.63) is 59.9 Å². The molecule has 0 aliphatic carbocycles. The molecule has 4 rings (SSSR count). The lowest BCUT2D eigenvalue weighted by atomic mass is 10.1. The molecular weight excluding hydrogens is 364 g/mol. The molecule has 2 aliphatic heterocycles. The van der Waals surface area contributed by atoms with Crippen molar-refractivity contribution in [1.29, 1.82) is 0 Å². The number of hydrogen-bond acceptors (Lipinski definition) is 4. The van der Waals surface area contributed by atoms with Crippen molar-refractivity contribution in [1.82, 2.24) is 15.2 Å². The van der Waals surface area contributed by atoms with Crippen LogP contribution in [0.2, 0.25) is 0 Å². The Morgan fingerprint density at radius 1 is 1.07 bits per heavy atom. The molecule has 2 aliphatic rings. The van der Waals surface area contributed by atoms with Crippen LogP contribution in [0.1, 0.15) is 48.0 Å². The third-order valence-electron chi connectivity index (χ3n) is 5.77. The van der Waals surface area contributed by atoms with E-state index in [1.54, 1.807) is 12.4 Å². The molecule has 0 radical (unpaired) electrons. The quantitative estimate of drug-likeness (QED) is 0.821. The molecule has 1 aromatic carbocycles. The molecule has 1 aromatic heterocycles. The molecule has 152 valence electrons. The smallest absolute Gasteiger partial charge is 0.254 e. The topological polar surface area (TPSA) is 65.5 Å². The Labute approximate surface area is 171 Å². The summed E-state index contributed by atoms with van der Waals surface area (Å²) in [5.74, 6) is 0.0605. The van der Waals surface area contributed by atoms with Crippen LogP contribution in [0.25, 0.3) is 0 Å². The third-order valence-corrected chi connectivity index (χ3v) is 5.77. The van der Waals surface area contributed by atoms with Gasteiger partial charge in [-0.1, -0.05) is 0 Å². The lowest BCUT2D eigenvalue weighted by molar-refractivity contribution is -0.119. The fourth-order valence-electron chi connectivity index (χ4n) is 4.16. The Hall–Kier alpha value is -2.89. The third kappa shape index (κ3) is 4.94. The molecule has 29 heavy (non-hydrogen) atoms. The van der Waals surface area contributed by atoms with Gasteiger partial charge in [0.05, 0.1) is 0 Å². The number of hydrogen-bond donors (Lipinski definition) is 1. The van der Waals surface area contributed by atoms with E-state index in [1.165, 1.54) is 24.9 Å². The van der Waals surface area contributed by atoms with Gasteiger partial charge in [-0.05, 0) is 67.6 Å². The van der Waals surface area contributed by atoms with E-state index in [9.17, 15) is 9.59 Å². The maximum atomic E-state index is 13.3. The summed E-state index contributed by atoms with van der Waals surface area (Å²) in [6, 6.07) is 11.8. The van der Waals surface area contributed by atoms with Crippen molar-refractivity contribution in [3.63, 3.8) is 0 Å². The molecule has 0 spiro atoms. The van der Waals surface area contributed by atoms with Gasteiger partial charge >= 0.3 is 0 Å².